The van der Waals surface area contributed by atoms with Crippen LogP contribution in [0, 0.1) is 0 Å². The van der Waals surface area contributed by atoms with Gasteiger partial charge in [-0.3, -0.25) is 4.79 Å². The Hall–Kier alpha value is -2.46. The number of anilines is 1. The second kappa shape index (κ2) is 8.11. The maximum Gasteiger partial charge on any atom is 0.416 e. The normalized spacial score (nSPS) is 14.2. The van der Waals surface area contributed by atoms with Crippen LogP contribution >= 0.6 is 23.5 Å². The van der Waals surface area contributed by atoms with Crippen LogP contribution in [0.2, 0.25) is 0 Å². The number of carbonyl (C=O) groups excluding carboxylic acids is 1. The molecular formula is C19H14F3N3O2S2. The molecular weight excluding hydrogens is 423 g/mol. The quantitative estimate of drug-likeness (QED) is 0.523. The molecule has 1 aliphatic heterocycles. The first-order chi connectivity index (χ1) is 13.9. The highest BCUT2D eigenvalue weighted by atomic mass is 32.2. The number of rotatable bonds is 5. The van der Waals surface area contributed by atoms with Crippen molar-refractivity contribution in [2.45, 2.75) is 28.6 Å². The highest BCUT2D eigenvalue weighted by Gasteiger charge is 2.30. The van der Waals surface area contributed by atoms with Crippen molar-refractivity contribution in [1.29, 1.82) is 0 Å². The van der Waals surface area contributed by atoms with E-state index in [9.17, 15) is 18.0 Å². The van der Waals surface area contributed by atoms with Gasteiger partial charge in [-0.15, -0.1) is 22.0 Å². The molecule has 0 saturated carbocycles. The Morgan fingerprint density at radius 2 is 1.86 bits per heavy atom. The third-order valence-corrected chi connectivity index (χ3v) is 6.13. The van der Waals surface area contributed by atoms with Gasteiger partial charge in [0.15, 0.2) is 0 Å². The number of hydrogen-bond donors (Lipinski definition) is 0. The molecule has 150 valence electrons. The van der Waals surface area contributed by atoms with Crippen molar-refractivity contribution in [3.8, 4) is 0 Å². The highest BCUT2D eigenvalue weighted by Crippen LogP contribution is 2.36. The minimum Gasteiger partial charge on any atom is -0.414 e. The van der Waals surface area contributed by atoms with Crippen molar-refractivity contribution in [2.75, 3.05) is 10.7 Å². The number of alkyl halides is 3. The van der Waals surface area contributed by atoms with Gasteiger partial charge in [0.25, 0.3) is 5.22 Å². The van der Waals surface area contributed by atoms with Crippen molar-refractivity contribution in [3.63, 3.8) is 0 Å². The van der Waals surface area contributed by atoms with Gasteiger partial charge >= 0.3 is 6.18 Å². The van der Waals surface area contributed by atoms with Crippen LogP contribution in [0.4, 0.5) is 18.9 Å². The monoisotopic (exact) mass is 437 g/mol. The number of halogens is 3. The van der Waals surface area contributed by atoms with Gasteiger partial charge < -0.3 is 9.32 Å². The smallest absolute Gasteiger partial charge is 0.414 e. The van der Waals surface area contributed by atoms with Crippen molar-refractivity contribution in [1.82, 2.24) is 10.2 Å². The van der Waals surface area contributed by atoms with E-state index in [-0.39, 0.29) is 12.5 Å². The third-order valence-electron chi connectivity index (χ3n) is 4.19. The molecule has 10 heteroatoms. The minimum absolute atomic E-state index is 0.0362. The highest BCUT2D eigenvalue weighted by molar-refractivity contribution is 8.00. The number of hydrogen-bond acceptors (Lipinski definition) is 6. The van der Waals surface area contributed by atoms with E-state index in [0.717, 1.165) is 22.7 Å². The molecule has 5 nitrogen and oxygen atoms in total. The Bertz CT molecular complexity index is 1020. The average Bonchev–Trinajstić information content (AvgIpc) is 3.16. The first kappa shape index (κ1) is 19.8. The van der Waals surface area contributed by atoms with E-state index in [4.69, 9.17) is 4.42 Å². The van der Waals surface area contributed by atoms with E-state index in [1.165, 1.54) is 35.7 Å². The van der Waals surface area contributed by atoms with Crippen LogP contribution < -0.4 is 4.90 Å². The summed E-state index contributed by atoms with van der Waals surface area (Å²) in [7, 11) is 0. The summed E-state index contributed by atoms with van der Waals surface area (Å²) in [4.78, 5) is 14.9. The second-order valence-electron chi connectivity index (χ2n) is 6.18. The fraction of sp³-hybridized carbons (Fsp3) is 0.211. The molecule has 0 radical (unpaired) electrons. The number of thioether (sulfide) groups is 2. The summed E-state index contributed by atoms with van der Waals surface area (Å²) in [6, 6.07) is 12.6. The SMILES string of the molecule is O=C1CSc2ccccc2N1Cc1nnc(SCc2ccc(C(F)(F)F)cc2)o1. The van der Waals surface area contributed by atoms with Crippen molar-refractivity contribution >= 4 is 35.1 Å². The van der Waals surface area contributed by atoms with Crippen LogP contribution in [0.1, 0.15) is 17.0 Å². The number of para-hydroxylation sites is 1. The largest absolute Gasteiger partial charge is 0.416 e. The van der Waals surface area contributed by atoms with Gasteiger partial charge in [0, 0.05) is 10.6 Å². The van der Waals surface area contributed by atoms with Crippen LogP contribution in [0.5, 0.6) is 0 Å². The lowest BCUT2D eigenvalue weighted by Gasteiger charge is -2.27. The van der Waals surface area contributed by atoms with E-state index in [1.54, 1.807) is 4.90 Å². The Balaban J connectivity index is 1.40. The van der Waals surface area contributed by atoms with E-state index < -0.39 is 11.7 Å². The van der Waals surface area contributed by atoms with Crippen molar-refractivity contribution in [3.05, 3.63) is 65.5 Å². The second-order valence-corrected chi connectivity index (χ2v) is 8.13. The summed E-state index contributed by atoms with van der Waals surface area (Å²) in [5.41, 5.74) is 0.835. The van der Waals surface area contributed by atoms with Gasteiger partial charge in [-0.2, -0.15) is 13.2 Å². The molecule has 29 heavy (non-hydrogen) atoms. The fourth-order valence-corrected chi connectivity index (χ4v) is 4.43. The molecule has 0 bridgehead atoms. The summed E-state index contributed by atoms with van der Waals surface area (Å²) in [6.07, 6.45) is -4.35. The van der Waals surface area contributed by atoms with Gasteiger partial charge in [0.2, 0.25) is 11.8 Å². The lowest BCUT2D eigenvalue weighted by molar-refractivity contribution is -0.137. The summed E-state index contributed by atoms with van der Waals surface area (Å²) in [6.45, 7) is 0.171. The minimum atomic E-state index is -4.35. The molecule has 1 amide bonds. The molecule has 0 unspecified atom stereocenters. The molecule has 0 fully saturated rings. The Kier molecular flexibility index (Phi) is 5.55. The predicted octanol–water partition coefficient (Wildman–Crippen LogP) is 5.02. The molecule has 1 aliphatic rings. The molecule has 0 spiro atoms. The van der Waals surface area contributed by atoms with Crippen LogP contribution in [0.25, 0.3) is 0 Å². The molecule has 2 aromatic carbocycles. The summed E-state index contributed by atoms with van der Waals surface area (Å²) in [5, 5.41) is 8.25. The zero-order valence-electron chi connectivity index (χ0n) is 14.8. The summed E-state index contributed by atoms with van der Waals surface area (Å²) >= 11 is 2.72. The predicted molar refractivity (Wildman–Crippen MR) is 104 cm³/mol. The van der Waals surface area contributed by atoms with Gasteiger partial charge in [-0.05, 0) is 29.8 Å². The first-order valence-corrected chi connectivity index (χ1v) is 10.5. The van der Waals surface area contributed by atoms with Crippen LogP contribution in [0.15, 0.2) is 63.1 Å². The van der Waals surface area contributed by atoms with Gasteiger partial charge in [0.1, 0.15) is 6.54 Å². The topological polar surface area (TPSA) is 59.2 Å². The third kappa shape index (κ3) is 4.59. The molecule has 3 aromatic rings. The Morgan fingerprint density at radius 3 is 2.62 bits per heavy atom. The average molecular weight is 437 g/mol. The van der Waals surface area contributed by atoms with Crippen molar-refractivity contribution in [2.24, 2.45) is 0 Å². The molecule has 0 atom stereocenters. The molecule has 0 N–H and O–H groups in total. The number of carbonyl (C=O) groups is 1. The van der Waals surface area contributed by atoms with Crippen LogP contribution in [0.3, 0.4) is 0 Å². The lowest BCUT2D eigenvalue weighted by atomic mass is 10.1. The Labute approximate surface area is 172 Å². The first-order valence-electron chi connectivity index (χ1n) is 8.53. The molecule has 1 aromatic heterocycles. The zero-order chi connectivity index (χ0) is 20.4. The van der Waals surface area contributed by atoms with Gasteiger partial charge in [-0.25, -0.2) is 0 Å². The zero-order valence-corrected chi connectivity index (χ0v) is 16.5. The number of amides is 1. The van der Waals surface area contributed by atoms with E-state index in [2.05, 4.69) is 10.2 Å². The van der Waals surface area contributed by atoms with Gasteiger partial charge in [-0.1, -0.05) is 36.0 Å². The number of fused-ring (bicyclic) bond motifs is 1. The van der Waals surface area contributed by atoms with Crippen LogP contribution in [-0.4, -0.2) is 21.9 Å². The maximum atomic E-state index is 12.6. The molecule has 0 aliphatic carbocycles. The summed E-state index contributed by atoms with van der Waals surface area (Å²) < 4.78 is 43.5. The van der Waals surface area contributed by atoms with Gasteiger partial charge in [0.05, 0.1) is 17.0 Å². The van der Waals surface area contributed by atoms with Crippen molar-refractivity contribution < 1.29 is 22.4 Å². The fourth-order valence-electron chi connectivity index (χ4n) is 2.76. The van der Waals surface area contributed by atoms with Crippen LogP contribution in [-0.2, 0) is 23.3 Å². The number of nitrogens with zero attached hydrogens (tertiary/aromatic N) is 3. The molecule has 0 saturated heterocycles. The van der Waals surface area contributed by atoms with E-state index >= 15 is 0 Å². The number of benzene rings is 2. The lowest BCUT2D eigenvalue weighted by Crippen LogP contribution is -2.34. The molecule has 2 heterocycles. The standard InChI is InChI=1S/C19H14F3N3O2S2/c20-19(21,22)13-7-5-12(6-8-13)10-29-18-24-23-16(27-18)9-25-14-3-1-2-4-15(14)28-11-17(25)26/h1-8H,9-11H2. The van der Waals surface area contributed by atoms with E-state index in [0.29, 0.717) is 28.2 Å². The maximum absolute atomic E-state index is 12.6. The number of aromatic nitrogens is 2. The summed E-state index contributed by atoms with van der Waals surface area (Å²) in [5.74, 6) is 1.00. The Morgan fingerprint density at radius 1 is 1.10 bits per heavy atom. The van der Waals surface area contributed by atoms with E-state index in [1.807, 2.05) is 24.3 Å². The molecule has 4 rings (SSSR count).